The summed E-state index contributed by atoms with van der Waals surface area (Å²) in [5.74, 6) is -0.923. The van der Waals surface area contributed by atoms with E-state index in [4.69, 9.17) is 10.5 Å². The Morgan fingerprint density at radius 3 is 2.41 bits per heavy atom. The fourth-order valence-electron chi connectivity index (χ4n) is 2.77. The molecule has 0 spiro atoms. The molecule has 0 unspecified atom stereocenters. The molecular formula is C16H22N2O4. The van der Waals surface area contributed by atoms with Gasteiger partial charge in [-0.2, -0.15) is 0 Å². The summed E-state index contributed by atoms with van der Waals surface area (Å²) in [5.41, 5.74) is 5.14. The molecule has 2 rings (SSSR count). The van der Waals surface area contributed by atoms with Crippen LogP contribution in [0.15, 0.2) is 24.3 Å². The van der Waals surface area contributed by atoms with Crippen molar-refractivity contribution >= 4 is 17.7 Å². The lowest BCUT2D eigenvalue weighted by atomic mass is 9.61. The number of benzene rings is 1. The van der Waals surface area contributed by atoms with Crippen LogP contribution in [0.3, 0.4) is 0 Å². The van der Waals surface area contributed by atoms with Gasteiger partial charge in [0, 0.05) is 11.7 Å². The third kappa shape index (κ3) is 3.22. The summed E-state index contributed by atoms with van der Waals surface area (Å²) in [5, 5.41) is 12.2. The van der Waals surface area contributed by atoms with E-state index < -0.39 is 23.1 Å². The molecule has 6 heteroatoms. The number of carbonyl (C=O) groups is 2. The van der Waals surface area contributed by atoms with Crippen molar-refractivity contribution in [1.29, 1.82) is 0 Å². The van der Waals surface area contributed by atoms with Gasteiger partial charge in [0.1, 0.15) is 5.60 Å². The molecule has 1 aromatic carbocycles. The van der Waals surface area contributed by atoms with Crippen LogP contribution in [-0.2, 0) is 14.9 Å². The zero-order chi connectivity index (χ0) is 16.5. The molecule has 1 aliphatic rings. The van der Waals surface area contributed by atoms with Gasteiger partial charge in [-0.1, -0.05) is 18.2 Å². The first-order valence-electron chi connectivity index (χ1n) is 7.22. The van der Waals surface area contributed by atoms with E-state index in [1.54, 1.807) is 45.0 Å². The summed E-state index contributed by atoms with van der Waals surface area (Å²) < 4.78 is 5.22. The number of carbonyl (C=O) groups excluding carboxylic acids is 1. The van der Waals surface area contributed by atoms with Gasteiger partial charge in [0.25, 0.3) is 0 Å². The number of para-hydroxylation sites is 1. The second-order valence-corrected chi connectivity index (χ2v) is 6.73. The Bertz CT molecular complexity index is 586. The minimum atomic E-state index is -1.04. The molecule has 1 aliphatic carbocycles. The van der Waals surface area contributed by atoms with Gasteiger partial charge in [-0.3, -0.25) is 10.1 Å². The van der Waals surface area contributed by atoms with Crippen LogP contribution >= 0.6 is 0 Å². The maximum Gasteiger partial charge on any atom is 0.412 e. The molecule has 0 aliphatic heterocycles. The largest absolute Gasteiger partial charge is 0.481 e. The number of anilines is 1. The summed E-state index contributed by atoms with van der Waals surface area (Å²) in [7, 11) is 0. The lowest BCUT2D eigenvalue weighted by Gasteiger charge is -2.43. The van der Waals surface area contributed by atoms with Crippen LogP contribution in [0, 0.1) is 0 Å². The third-order valence-electron chi connectivity index (χ3n) is 3.71. The number of carboxylic acids is 1. The second-order valence-electron chi connectivity index (χ2n) is 6.73. The Balaban J connectivity index is 2.28. The summed E-state index contributed by atoms with van der Waals surface area (Å²) in [6.45, 7) is 5.30. The van der Waals surface area contributed by atoms with Crippen LogP contribution in [0.25, 0.3) is 0 Å². The highest BCUT2D eigenvalue weighted by Gasteiger charge is 2.51. The maximum absolute atomic E-state index is 11.9. The van der Waals surface area contributed by atoms with Crippen molar-refractivity contribution in [2.45, 2.75) is 50.7 Å². The Kier molecular flexibility index (Phi) is 4.15. The molecule has 0 saturated heterocycles. The van der Waals surface area contributed by atoms with Gasteiger partial charge < -0.3 is 15.6 Å². The fourth-order valence-corrected chi connectivity index (χ4v) is 2.77. The minimum absolute atomic E-state index is 0.134. The molecule has 0 atom stereocenters. The fraction of sp³-hybridized carbons (Fsp3) is 0.500. The first kappa shape index (κ1) is 16.3. The number of amides is 1. The van der Waals surface area contributed by atoms with Gasteiger partial charge in [-0.05, 0) is 45.2 Å². The Morgan fingerprint density at radius 1 is 1.32 bits per heavy atom. The second kappa shape index (κ2) is 5.61. The van der Waals surface area contributed by atoms with E-state index in [0.29, 0.717) is 24.1 Å². The lowest BCUT2D eigenvalue weighted by molar-refractivity contribution is -0.148. The molecule has 120 valence electrons. The predicted molar refractivity (Wildman–Crippen MR) is 82.8 cm³/mol. The average Bonchev–Trinajstić information content (AvgIpc) is 2.32. The van der Waals surface area contributed by atoms with E-state index in [2.05, 4.69) is 5.32 Å². The topological polar surface area (TPSA) is 102 Å². The summed E-state index contributed by atoms with van der Waals surface area (Å²) in [6.07, 6.45) is 0.106. The zero-order valence-corrected chi connectivity index (χ0v) is 13.1. The van der Waals surface area contributed by atoms with E-state index in [0.717, 1.165) is 0 Å². The predicted octanol–water partition coefficient (Wildman–Crippen LogP) is 2.48. The van der Waals surface area contributed by atoms with Gasteiger partial charge in [0.15, 0.2) is 0 Å². The molecule has 0 radical (unpaired) electrons. The highest BCUT2D eigenvalue weighted by molar-refractivity contribution is 5.91. The van der Waals surface area contributed by atoms with E-state index in [-0.39, 0.29) is 6.04 Å². The van der Waals surface area contributed by atoms with Gasteiger partial charge in [-0.15, -0.1) is 0 Å². The van der Waals surface area contributed by atoms with Gasteiger partial charge in [-0.25, -0.2) is 4.79 Å². The number of nitrogens with one attached hydrogen (secondary N) is 1. The van der Waals surface area contributed by atoms with E-state index >= 15 is 0 Å². The highest BCUT2D eigenvalue weighted by Crippen LogP contribution is 2.46. The van der Waals surface area contributed by atoms with Crippen LogP contribution in [0.4, 0.5) is 10.5 Å². The standard InChI is InChI=1S/C16H22N2O4/c1-15(2,3)22-14(21)18-12-7-5-4-6-11(12)16(13(19)20)8-10(17)9-16/h4-7,10H,8-9,17H2,1-3H3,(H,18,21)(H,19,20). The van der Waals surface area contributed by atoms with Crippen LogP contribution in [0.1, 0.15) is 39.2 Å². The maximum atomic E-state index is 11.9. The zero-order valence-electron chi connectivity index (χ0n) is 13.1. The molecule has 0 bridgehead atoms. The van der Waals surface area contributed by atoms with Crippen molar-refractivity contribution in [3.63, 3.8) is 0 Å². The molecule has 6 nitrogen and oxygen atoms in total. The van der Waals surface area contributed by atoms with Crippen molar-refractivity contribution in [3.05, 3.63) is 29.8 Å². The van der Waals surface area contributed by atoms with Crippen molar-refractivity contribution in [2.24, 2.45) is 5.73 Å². The molecule has 0 heterocycles. The Labute approximate surface area is 129 Å². The van der Waals surface area contributed by atoms with Crippen LogP contribution in [-0.4, -0.2) is 28.8 Å². The smallest absolute Gasteiger partial charge is 0.412 e. The van der Waals surface area contributed by atoms with E-state index in [1.807, 2.05) is 0 Å². The van der Waals surface area contributed by atoms with Crippen molar-refractivity contribution in [2.75, 3.05) is 5.32 Å². The van der Waals surface area contributed by atoms with Crippen molar-refractivity contribution in [3.8, 4) is 0 Å². The molecule has 1 aromatic rings. The number of nitrogens with two attached hydrogens (primary N) is 1. The van der Waals surface area contributed by atoms with Crippen molar-refractivity contribution < 1.29 is 19.4 Å². The molecule has 1 saturated carbocycles. The Hall–Kier alpha value is -2.08. The number of hydrogen-bond donors (Lipinski definition) is 3. The van der Waals surface area contributed by atoms with E-state index in [9.17, 15) is 14.7 Å². The summed E-state index contributed by atoms with van der Waals surface area (Å²) in [6, 6.07) is 6.75. The molecular weight excluding hydrogens is 284 g/mol. The number of rotatable bonds is 3. The first-order chi connectivity index (χ1) is 10.1. The van der Waals surface area contributed by atoms with Gasteiger partial charge >= 0.3 is 12.1 Å². The molecule has 4 N–H and O–H groups in total. The minimum Gasteiger partial charge on any atom is -0.481 e. The SMILES string of the molecule is CC(C)(C)OC(=O)Nc1ccccc1C1(C(=O)O)CC(N)C1. The molecule has 22 heavy (non-hydrogen) atoms. The van der Waals surface area contributed by atoms with Gasteiger partial charge in [0.05, 0.1) is 5.41 Å². The third-order valence-corrected chi connectivity index (χ3v) is 3.71. The molecule has 1 amide bonds. The monoisotopic (exact) mass is 306 g/mol. The number of ether oxygens (including phenoxy) is 1. The number of carboxylic acid groups (broad SMARTS) is 1. The van der Waals surface area contributed by atoms with E-state index in [1.165, 1.54) is 0 Å². The molecule has 0 aromatic heterocycles. The van der Waals surface area contributed by atoms with Crippen LogP contribution < -0.4 is 11.1 Å². The van der Waals surface area contributed by atoms with Crippen molar-refractivity contribution in [1.82, 2.24) is 0 Å². The summed E-state index contributed by atoms with van der Waals surface area (Å²) in [4.78, 5) is 23.7. The number of hydrogen-bond acceptors (Lipinski definition) is 4. The quantitative estimate of drug-likeness (QED) is 0.796. The first-order valence-corrected chi connectivity index (χ1v) is 7.22. The summed E-state index contributed by atoms with van der Waals surface area (Å²) >= 11 is 0. The van der Waals surface area contributed by atoms with Crippen LogP contribution in [0.5, 0.6) is 0 Å². The average molecular weight is 306 g/mol. The highest BCUT2D eigenvalue weighted by atomic mass is 16.6. The lowest BCUT2D eigenvalue weighted by Crippen LogP contribution is -2.54. The Morgan fingerprint density at radius 2 is 1.91 bits per heavy atom. The normalized spacial score (nSPS) is 24.3. The van der Waals surface area contributed by atoms with Gasteiger partial charge in [0.2, 0.25) is 0 Å². The number of aliphatic carboxylic acids is 1. The van der Waals surface area contributed by atoms with Crippen LogP contribution in [0.2, 0.25) is 0 Å². The molecule has 1 fully saturated rings.